The van der Waals surface area contributed by atoms with Crippen LogP contribution < -0.4 is 5.32 Å². The van der Waals surface area contributed by atoms with Crippen molar-refractivity contribution in [3.05, 3.63) is 65.2 Å². The van der Waals surface area contributed by atoms with Crippen LogP contribution >= 0.6 is 0 Å². The lowest BCUT2D eigenvalue weighted by atomic mass is 9.93. The normalized spacial score (nSPS) is 14.0. The number of carbonyl (C=O) groups is 1. The Morgan fingerprint density at radius 1 is 1.07 bits per heavy atom. The van der Waals surface area contributed by atoms with Crippen LogP contribution in [0.4, 0.5) is 0 Å². The van der Waals surface area contributed by atoms with Crippen molar-refractivity contribution in [2.24, 2.45) is 5.92 Å². The molecule has 0 aliphatic heterocycles. The zero-order chi connectivity index (χ0) is 22.5. The van der Waals surface area contributed by atoms with Crippen LogP contribution in [0, 0.1) is 12.8 Å². The van der Waals surface area contributed by atoms with Crippen molar-refractivity contribution >= 4 is 15.9 Å². The SMILES string of the molecule is CCN(CC)S(=O)(=O)c1cc(C(=O)N[C@@H](C(C)C)[C@@H](O)c2ccccc2)ccc1C. The Balaban J connectivity index is 2.34. The van der Waals surface area contributed by atoms with Gasteiger partial charge in [0.1, 0.15) is 0 Å². The van der Waals surface area contributed by atoms with Crippen LogP contribution in [0.5, 0.6) is 0 Å². The fourth-order valence-electron chi connectivity index (χ4n) is 3.42. The van der Waals surface area contributed by atoms with Crippen LogP contribution in [0.15, 0.2) is 53.4 Å². The van der Waals surface area contributed by atoms with Crippen LogP contribution in [-0.2, 0) is 10.0 Å². The Hall–Kier alpha value is -2.22. The summed E-state index contributed by atoms with van der Waals surface area (Å²) < 4.78 is 27.3. The molecule has 2 N–H and O–H groups in total. The molecule has 0 heterocycles. The number of aliphatic hydroxyl groups excluding tert-OH is 1. The summed E-state index contributed by atoms with van der Waals surface area (Å²) in [4.78, 5) is 13.1. The Morgan fingerprint density at radius 2 is 1.67 bits per heavy atom. The molecule has 2 atom stereocenters. The summed E-state index contributed by atoms with van der Waals surface area (Å²) in [6.07, 6.45) is -0.875. The van der Waals surface area contributed by atoms with E-state index in [0.29, 0.717) is 24.2 Å². The third kappa shape index (κ3) is 5.28. The van der Waals surface area contributed by atoms with Gasteiger partial charge in [-0.2, -0.15) is 4.31 Å². The molecule has 0 aliphatic rings. The van der Waals surface area contributed by atoms with Gasteiger partial charge in [-0.15, -0.1) is 0 Å². The number of amides is 1. The third-order valence-corrected chi connectivity index (χ3v) is 7.46. The van der Waals surface area contributed by atoms with Gasteiger partial charge >= 0.3 is 0 Å². The third-order valence-electron chi connectivity index (χ3n) is 5.27. The fraction of sp³-hybridized carbons (Fsp3) is 0.435. The van der Waals surface area contributed by atoms with E-state index < -0.39 is 28.1 Å². The second kappa shape index (κ2) is 10.2. The number of aliphatic hydroxyl groups is 1. The molecule has 2 aromatic rings. The highest BCUT2D eigenvalue weighted by atomic mass is 32.2. The maximum Gasteiger partial charge on any atom is 0.251 e. The van der Waals surface area contributed by atoms with Crippen molar-refractivity contribution < 1.29 is 18.3 Å². The summed E-state index contributed by atoms with van der Waals surface area (Å²) in [5.41, 5.74) is 1.55. The summed E-state index contributed by atoms with van der Waals surface area (Å²) in [5, 5.41) is 13.7. The highest BCUT2D eigenvalue weighted by Crippen LogP contribution is 2.24. The molecule has 0 fully saturated rings. The van der Waals surface area contributed by atoms with Gasteiger partial charge < -0.3 is 10.4 Å². The summed E-state index contributed by atoms with van der Waals surface area (Å²) in [7, 11) is -3.69. The number of sulfonamides is 1. The first-order valence-electron chi connectivity index (χ1n) is 10.3. The lowest BCUT2D eigenvalue weighted by molar-refractivity contribution is 0.0759. The van der Waals surface area contributed by atoms with E-state index in [2.05, 4.69) is 5.32 Å². The number of nitrogens with one attached hydrogen (secondary N) is 1. The van der Waals surface area contributed by atoms with Crippen LogP contribution in [0.1, 0.15) is 55.3 Å². The monoisotopic (exact) mass is 432 g/mol. The molecule has 30 heavy (non-hydrogen) atoms. The Labute approximate surface area is 180 Å². The summed E-state index contributed by atoms with van der Waals surface area (Å²) in [6.45, 7) is 9.83. The van der Waals surface area contributed by atoms with E-state index in [9.17, 15) is 18.3 Å². The first-order chi connectivity index (χ1) is 14.1. The molecule has 2 aromatic carbocycles. The second-order valence-corrected chi connectivity index (χ2v) is 9.57. The number of rotatable bonds is 9. The predicted octanol–water partition coefficient (Wildman–Crippen LogP) is 3.51. The maximum atomic E-state index is 13.0. The molecule has 1 amide bonds. The van der Waals surface area contributed by atoms with Gasteiger partial charge in [-0.05, 0) is 36.1 Å². The first-order valence-corrected chi connectivity index (χ1v) is 11.7. The van der Waals surface area contributed by atoms with E-state index in [0.717, 1.165) is 0 Å². The van der Waals surface area contributed by atoms with Crippen molar-refractivity contribution in [1.29, 1.82) is 0 Å². The van der Waals surface area contributed by atoms with E-state index in [1.54, 1.807) is 32.9 Å². The lowest BCUT2D eigenvalue weighted by Crippen LogP contribution is -2.43. The number of hydrogen-bond acceptors (Lipinski definition) is 4. The van der Waals surface area contributed by atoms with Crippen molar-refractivity contribution in [2.45, 2.75) is 51.7 Å². The molecule has 0 aliphatic carbocycles. The van der Waals surface area contributed by atoms with Gasteiger partial charge in [0, 0.05) is 18.7 Å². The molecule has 0 aromatic heterocycles. The average molecular weight is 433 g/mol. The van der Waals surface area contributed by atoms with Gasteiger partial charge in [0.05, 0.1) is 17.0 Å². The molecular weight excluding hydrogens is 400 g/mol. The Bertz CT molecular complexity index is 954. The number of nitrogens with zero attached hydrogens (tertiary/aromatic N) is 1. The quantitative estimate of drug-likeness (QED) is 0.635. The molecule has 164 valence electrons. The lowest BCUT2D eigenvalue weighted by Gasteiger charge is -2.28. The molecule has 0 saturated carbocycles. The van der Waals surface area contributed by atoms with Crippen LogP contribution in [-0.4, -0.2) is 42.9 Å². The van der Waals surface area contributed by atoms with E-state index in [-0.39, 0.29) is 16.4 Å². The van der Waals surface area contributed by atoms with E-state index in [4.69, 9.17) is 0 Å². The van der Waals surface area contributed by atoms with Gasteiger partial charge in [-0.1, -0.05) is 64.1 Å². The van der Waals surface area contributed by atoms with Crippen molar-refractivity contribution in [3.63, 3.8) is 0 Å². The van der Waals surface area contributed by atoms with E-state index >= 15 is 0 Å². The summed E-state index contributed by atoms with van der Waals surface area (Å²) in [5.74, 6) is -0.451. The number of aryl methyl sites for hydroxylation is 1. The molecule has 2 rings (SSSR count). The first kappa shape index (κ1) is 24.1. The summed E-state index contributed by atoms with van der Waals surface area (Å²) in [6, 6.07) is 13.3. The minimum atomic E-state index is -3.69. The fourth-order valence-corrected chi connectivity index (χ4v) is 5.13. The molecule has 0 bridgehead atoms. The van der Waals surface area contributed by atoms with Crippen LogP contribution in [0.3, 0.4) is 0 Å². The topological polar surface area (TPSA) is 86.7 Å². The van der Waals surface area contributed by atoms with Gasteiger partial charge in [0.25, 0.3) is 5.91 Å². The highest BCUT2D eigenvalue weighted by Gasteiger charge is 2.28. The number of carbonyl (C=O) groups excluding carboxylic acids is 1. The minimum Gasteiger partial charge on any atom is -0.386 e. The molecule has 0 saturated heterocycles. The van der Waals surface area contributed by atoms with Gasteiger partial charge in [0.2, 0.25) is 10.0 Å². The molecular formula is C23H32N2O4S. The minimum absolute atomic E-state index is 0.0338. The molecule has 0 spiro atoms. The van der Waals surface area contributed by atoms with Gasteiger partial charge in [0.15, 0.2) is 0 Å². The largest absolute Gasteiger partial charge is 0.386 e. The Morgan fingerprint density at radius 3 is 2.20 bits per heavy atom. The highest BCUT2D eigenvalue weighted by molar-refractivity contribution is 7.89. The predicted molar refractivity (Wildman–Crippen MR) is 119 cm³/mol. The Kier molecular flexibility index (Phi) is 8.18. The van der Waals surface area contributed by atoms with Crippen molar-refractivity contribution in [3.8, 4) is 0 Å². The van der Waals surface area contributed by atoms with Gasteiger partial charge in [-0.3, -0.25) is 4.79 Å². The standard InChI is InChI=1S/C23H32N2O4S/c1-6-25(7-2)30(28,29)20-15-19(14-13-17(20)5)23(27)24-21(16(3)4)22(26)18-11-9-8-10-12-18/h8-16,21-22,26H,6-7H2,1-5H3,(H,24,27)/t21-,22-/m0/s1. The van der Waals surface area contributed by atoms with Crippen molar-refractivity contribution in [2.75, 3.05) is 13.1 Å². The number of hydrogen-bond donors (Lipinski definition) is 2. The smallest absolute Gasteiger partial charge is 0.251 e. The van der Waals surface area contributed by atoms with Gasteiger partial charge in [-0.25, -0.2) is 8.42 Å². The molecule has 6 nitrogen and oxygen atoms in total. The van der Waals surface area contributed by atoms with Crippen molar-refractivity contribution in [1.82, 2.24) is 9.62 Å². The van der Waals surface area contributed by atoms with Crippen LogP contribution in [0.2, 0.25) is 0 Å². The molecule has 0 radical (unpaired) electrons. The zero-order valence-corrected chi connectivity index (χ0v) is 19.1. The number of benzene rings is 2. The summed E-state index contributed by atoms with van der Waals surface area (Å²) >= 11 is 0. The van der Waals surface area contributed by atoms with E-state index in [1.807, 2.05) is 44.2 Å². The van der Waals surface area contributed by atoms with E-state index in [1.165, 1.54) is 10.4 Å². The average Bonchev–Trinajstić information content (AvgIpc) is 2.72. The molecule has 7 heteroatoms. The maximum absolute atomic E-state index is 13.0. The van der Waals surface area contributed by atoms with Crippen LogP contribution in [0.25, 0.3) is 0 Å². The molecule has 0 unspecified atom stereocenters. The second-order valence-electron chi connectivity index (χ2n) is 7.67. The zero-order valence-electron chi connectivity index (χ0n) is 18.3.